The molecule has 0 atom stereocenters. The molecule has 4 aromatic rings. The van der Waals surface area contributed by atoms with Gasteiger partial charge in [-0.25, -0.2) is 0 Å². The van der Waals surface area contributed by atoms with E-state index >= 15 is 0 Å². The largest absolute Gasteiger partial charge is 0.497 e. The van der Waals surface area contributed by atoms with Gasteiger partial charge < -0.3 is 18.9 Å². The van der Waals surface area contributed by atoms with E-state index in [2.05, 4.69) is 12.1 Å². The van der Waals surface area contributed by atoms with Gasteiger partial charge in [0.1, 0.15) is 35.1 Å². The quantitative estimate of drug-likeness (QED) is 0.369. The molecule has 0 unspecified atom stereocenters. The highest BCUT2D eigenvalue weighted by molar-refractivity contribution is 5.89. The first-order valence-electron chi connectivity index (χ1n) is 9.69. The number of methoxy groups -OCH3 is 2. The van der Waals surface area contributed by atoms with Gasteiger partial charge in [0.05, 0.1) is 25.3 Å². The molecule has 0 aliphatic heterocycles. The fourth-order valence-electron chi connectivity index (χ4n) is 3.19. The Morgan fingerprint density at radius 3 is 1.19 bits per heavy atom. The van der Waals surface area contributed by atoms with Crippen molar-refractivity contribution in [2.45, 2.75) is 0 Å². The number of hydrogen-bond donors (Lipinski definition) is 0. The zero-order valence-corrected chi connectivity index (χ0v) is 17.5. The molecule has 0 aliphatic carbocycles. The van der Waals surface area contributed by atoms with Crippen molar-refractivity contribution in [2.24, 2.45) is 0 Å². The monoisotopic (exact) mass is 422 g/mol. The summed E-state index contributed by atoms with van der Waals surface area (Å²) in [5, 5.41) is 20.3. The predicted octanol–water partition coefficient (Wildman–Crippen LogP) is 6.18. The van der Waals surface area contributed by atoms with Gasteiger partial charge in [0, 0.05) is 0 Å². The first kappa shape index (κ1) is 20.6. The van der Waals surface area contributed by atoms with Gasteiger partial charge >= 0.3 is 0 Å². The van der Waals surface area contributed by atoms with Crippen molar-refractivity contribution in [3.63, 3.8) is 0 Å². The molecule has 0 fully saturated rings. The van der Waals surface area contributed by atoms with E-state index < -0.39 is 0 Å². The summed E-state index contributed by atoms with van der Waals surface area (Å²) in [5.74, 6) is 3.55. The molecule has 156 valence electrons. The summed E-state index contributed by atoms with van der Waals surface area (Å²) >= 11 is 0. The van der Waals surface area contributed by atoms with Crippen LogP contribution in [0.1, 0.15) is 11.1 Å². The standard InChI is InChI=1S/C26H18N2O4/c1-29-21-3-7-23(8-4-21)31-25-13-17-11-19(15-27)20(16-28)12-18(17)14-26(25)32-24-9-5-22(30-2)6-10-24/h3-14H,1-2H3. The second kappa shape index (κ2) is 8.99. The SMILES string of the molecule is COc1ccc(Oc2cc3cc(C#N)c(C#N)cc3cc2Oc2ccc(OC)cc2)cc1. The van der Waals surface area contributed by atoms with Crippen LogP contribution in [-0.4, -0.2) is 14.2 Å². The third-order valence-corrected chi connectivity index (χ3v) is 4.85. The maximum atomic E-state index is 9.38. The summed E-state index contributed by atoms with van der Waals surface area (Å²) < 4.78 is 22.6. The van der Waals surface area contributed by atoms with Crippen LogP contribution in [0.15, 0.2) is 72.8 Å². The van der Waals surface area contributed by atoms with Crippen molar-refractivity contribution in [3.8, 4) is 46.6 Å². The lowest BCUT2D eigenvalue weighted by molar-refractivity contribution is 0.405. The van der Waals surface area contributed by atoms with Crippen LogP contribution in [0.25, 0.3) is 10.8 Å². The van der Waals surface area contributed by atoms with Crippen LogP contribution in [0.4, 0.5) is 0 Å². The molecular formula is C26H18N2O4. The van der Waals surface area contributed by atoms with Gasteiger partial charge in [-0.1, -0.05) is 0 Å². The van der Waals surface area contributed by atoms with Gasteiger partial charge in [-0.3, -0.25) is 0 Å². The average molecular weight is 422 g/mol. The topological polar surface area (TPSA) is 84.5 Å². The summed E-state index contributed by atoms with van der Waals surface area (Å²) in [7, 11) is 3.20. The Bertz CT molecular complexity index is 1240. The highest BCUT2D eigenvalue weighted by Crippen LogP contribution is 2.39. The molecule has 0 saturated heterocycles. The lowest BCUT2D eigenvalue weighted by Gasteiger charge is -2.15. The summed E-state index contributed by atoms with van der Waals surface area (Å²) in [6, 6.07) is 25.4. The van der Waals surface area contributed by atoms with Gasteiger partial charge in [-0.15, -0.1) is 0 Å². The molecule has 0 bridgehead atoms. The normalized spacial score (nSPS) is 10.1. The van der Waals surface area contributed by atoms with Crippen molar-refractivity contribution in [3.05, 3.63) is 83.9 Å². The minimum atomic E-state index is 0.305. The number of hydrogen-bond acceptors (Lipinski definition) is 6. The Balaban J connectivity index is 1.80. The lowest BCUT2D eigenvalue weighted by Crippen LogP contribution is -1.93. The van der Waals surface area contributed by atoms with Crippen LogP contribution in [0.2, 0.25) is 0 Å². The van der Waals surface area contributed by atoms with Crippen LogP contribution in [0.3, 0.4) is 0 Å². The molecule has 32 heavy (non-hydrogen) atoms. The van der Waals surface area contributed by atoms with Crippen molar-refractivity contribution in [2.75, 3.05) is 14.2 Å². The first-order chi connectivity index (χ1) is 15.6. The molecule has 0 heterocycles. The lowest BCUT2D eigenvalue weighted by atomic mass is 10.0. The molecule has 0 spiro atoms. The molecular weight excluding hydrogens is 404 g/mol. The van der Waals surface area contributed by atoms with Gasteiger partial charge in [0.2, 0.25) is 0 Å². The highest BCUT2D eigenvalue weighted by atomic mass is 16.5. The third kappa shape index (κ3) is 4.26. The molecule has 0 radical (unpaired) electrons. The minimum Gasteiger partial charge on any atom is -0.497 e. The van der Waals surface area contributed by atoms with E-state index in [0.29, 0.717) is 45.6 Å². The smallest absolute Gasteiger partial charge is 0.170 e. The van der Waals surface area contributed by atoms with Crippen molar-refractivity contribution < 1.29 is 18.9 Å². The minimum absolute atomic E-state index is 0.305. The summed E-state index contributed by atoms with van der Waals surface area (Å²) in [4.78, 5) is 0. The maximum Gasteiger partial charge on any atom is 0.170 e. The molecule has 0 aromatic heterocycles. The van der Waals surface area contributed by atoms with Gasteiger partial charge in [0.15, 0.2) is 11.5 Å². The fraction of sp³-hybridized carbons (Fsp3) is 0.0769. The van der Waals surface area contributed by atoms with Gasteiger partial charge in [0.25, 0.3) is 0 Å². The summed E-state index contributed by atoms with van der Waals surface area (Å²) in [6.07, 6.45) is 0. The molecule has 4 rings (SSSR count). The number of ether oxygens (including phenoxy) is 4. The van der Waals surface area contributed by atoms with Gasteiger partial charge in [-0.05, 0) is 83.6 Å². The first-order valence-corrected chi connectivity index (χ1v) is 9.69. The molecule has 0 N–H and O–H groups in total. The molecule has 6 nitrogen and oxygen atoms in total. The fourth-order valence-corrected chi connectivity index (χ4v) is 3.19. The van der Waals surface area contributed by atoms with Crippen molar-refractivity contribution >= 4 is 10.8 Å². The number of nitriles is 2. The number of benzene rings is 4. The van der Waals surface area contributed by atoms with Crippen LogP contribution in [-0.2, 0) is 0 Å². The second-order valence-electron chi connectivity index (χ2n) is 6.82. The van der Waals surface area contributed by atoms with Crippen LogP contribution in [0.5, 0.6) is 34.5 Å². The van der Waals surface area contributed by atoms with E-state index in [4.69, 9.17) is 18.9 Å². The number of fused-ring (bicyclic) bond motifs is 1. The molecule has 0 aliphatic rings. The van der Waals surface area contributed by atoms with E-state index in [1.807, 2.05) is 0 Å². The Kier molecular flexibility index (Phi) is 5.78. The van der Waals surface area contributed by atoms with Gasteiger partial charge in [-0.2, -0.15) is 10.5 Å². The van der Waals surface area contributed by atoms with E-state index in [1.165, 1.54) is 0 Å². The predicted molar refractivity (Wildman–Crippen MR) is 120 cm³/mol. The third-order valence-electron chi connectivity index (χ3n) is 4.85. The van der Waals surface area contributed by atoms with Crippen molar-refractivity contribution in [1.29, 1.82) is 10.5 Å². The van der Waals surface area contributed by atoms with E-state index in [9.17, 15) is 10.5 Å². The molecule has 6 heteroatoms. The maximum absolute atomic E-state index is 9.38. The molecule has 4 aromatic carbocycles. The Hall–Kier alpha value is -4.68. The van der Waals surface area contributed by atoms with E-state index in [1.54, 1.807) is 87.0 Å². The Morgan fingerprint density at radius 1 is 0.531 bits per heavy atom. The Labute approximate surface area is 185 Å². The number of nitrogens with zero attached hydrogens (tertiary/aromatic N) is 2. The van der Waals surface area contributed by atoms with Crippen LogP contribution in [0, 0.1) is 22.7 Å². The van der Waals surface area contributed by atoms with Crippen LogP contribution < -0.4 is 18.9 Å². The summed E-state index contributed by atoms with van der Waals surface area (Å²) in [5.41, 5.74) is 0.610. The number of rotatable bonds is 6. The molecule has 0 saturated carbocycles. The Morgan fingerprint density at radius 2 is 0.875 bits per heavy atom. The zero-order valence-electron chi connectivity index (χ0n) is 17.5. The molecule has 0 amide bonds. The van der Waals surface area contributed by atoms with E-state index in [0.717, 1.165) is 10.8 Å². The highest BCUT2D eigenvalue weighted by Gasteiger charge is 2.13. The average Bonchev–Trinajstić information content (AvgIpc) is 2.84. The van der Waals surface area contributed by atoms with Crippen LogP contribution >= 0.6 is 0 Å². The summed E-state index contributed by atoms with van der Waals surface area (Å²) in [6.45, 7) is 0. The van der Waals surface area contributed by atoms with Crippen molar-refractivity contribution in [1.82, 2.24) is 0 Å². The zero-order chi connectivity index (χ0) is 22.5. The van der Waals surface area contributed by atoms with E-state index in [-0.39, 0.29) is 0 Å². The second-order valence-corrected chi connectivity index (χ2v) is 6.82.